The number of furan rings is 1. The summed E-state index contributed by atoms with van der Waals surface area (Å²) in [6.45, 7) is 3.41. The van der Waals surface area contributed by atoms with Crippen LogP contribution in [-0.4, -0.2) is 23.3 Å². The monoisotopic (exact) mass is 234 g/mol. The Balaban J connectivity index is 2.76. The molecule has 0 amide bonds. The zero-order valence-corrected chi connectivity index (χ0v) is 9.06. The number of ether oxygens (including phenoxy) is 1. The zero-order chi connectivity index (χ0) is 12.6. The Labute approximate surface area is 96.5 Å². The molecule has 0 unspecified atom stereocenters. The number of benzene rings is 1. The lowest BCUT2D eigenvalue weighted by Gasteiger charge is -2.09. The average molecular weight is 234 g/mol. The van der Waals surface area contributed by atoms with Crippen molar-refractivity contribution in [3.05, 3.63) is 30.5 Å². The van der Waals surface area contributed by atoms with Gasteiger partial charge in [0.15, 0.2) is 11.3 Å². The molecule has 2 rings (SSSR count). The van der Waals surface area contributed by atoms with Crippen LogP contribution in [0.2, 0.25) is 0 Å². The van der Waals surface area contributed by atoms with Crippen LogP contribution in [0.3, 0.4) is 0 Å². The van der Waals surface area contributed by atoms with Crippen molar-refractivity contribution in [3.8, 4) is 11.5 Å². The van der Waals surface area contributed by atoms with Crippen molar-refractivity contribution in [2.24, 2.45) is 0 Å². The highest BCUT2D eigenvalue weighted by atomic mass is 16.5. The van der Waals surface area contributed by atoms with Crippen LogP contribution < -0.4 is 4.74 Å². The molecular weight excluding hydrogens is 224 g/mol. The minimum atomic E-state index is -1.20. The van der Waals surface area contributed by atoms with Gasteiger partial charge in [-0.3, -0.25) is 0 Å². The highest BCUT2D eigenvalue weighted by Gasteiger charge is 2.20. The second kappa shape index (κ2) is 3.86. The predicted molar refractivity (Wildman–Crippen MR) is 61.1 cm³/mol. The summed E-state index contributed by atoms with van der Waals surface area (Å²) in [5, 5.41) is 19.4. The van der Waals surface area contributed by atoms with Crippen LogP contribution in [-0.2, 0) is 4.79 Å². The second-order valence-corrected chi connectivity index (χ2v) is 3.43. The smallest absolute Gasteiger partial charge is 0.335 e. The average Bonchev–Trinajstić information content (AvgIpc) is 2.75. The summed E-state index contributed by atoms with van der Waals surface area (Å²) < 4.78 is 10.2. The minimum Gasteiger partial charge on any atom is -0.504 e. The largest absolute Gasteiger partial charge is 0.504 e. The van der Waals surface area contributed by atoms with Crippen LogP contribution in [0.15, 0.2) is 29.4 Å². The van der Waals surface area contributed by atoms with E-state index in [2.05, 4.69) is 6.58 Å². The Bertz CT molecular complexity index is 609. The molecule has 2 N–H and O–H groups in total. The maximum atomic E-state index is 10.9. The second-order valence-electron chi connectivity index (χ2n) is 3.43. The van der Waals surface area contributed by atoms with Crippen molar-refractivity contribution in [1.29, 1.82) is 0 Å². The van der Waals surface area contributed by atoms with Crippen molar-refractivity contribution in [2.45, 2.75) is 0 Å². The Morgan fingerprint density at radius 1 is 1.53 bits per heavy atom. The van der Waals surface area contributed by atoms with Crippen LogP contribution in [0, 0.1) is 0 Å². The lowest BCUT2D eigenvalue weighted by molar-refractivity contribution is -0.130. The number of aromatic hydroxyl groups is 1. The first-order chi connectivity index (χ1) is 8.06. The quantitative estimate of drug-likeness (QED) is 0.796. The molecule has 0 aliphatic heterocycles. The van der Waals surface area contributed by atoms with E-state index in [0.29, 0.717) is 11.0 Å². The summed E-state index contributed by atoms with van der Waals surface area (Å²) in [6, 6.07) is 3.14. The molecule has 5 nitrogen and oxygen atoms in total. The predicted octanol–water partition coefficient (Wildman–Crippen LogP) is 2.24. The van der Waals surface area contributed by atoms with Crippen LogP contribution in [0.25, 0.3) is 16.5 Å². The van der Waals surface area contributed by atoms with Crippen LogP contribution in [0.5, 0.6) is 11.5 Å². The van der Waals surface area contributed by atoms with Gasteiger partial charge < -0.3 is 19.4 Å². The lowest BCUT2D eigenvalue weighted by Crippen LogP contribution is -1.99. The Morgan fingerprint density at radius 3 is 2.82 bits per heavy atom. The number of hydrogen-bond donors (Lipinski definition) is 2. The molecule has 0 saturated heterocycles. The summed E-state index contributed by atoms with van der Waals surface area (Å²) >= 11 is 0. The molecule has 0 aliphatic rings. The fourth-order valence-corrected chi connectivity index (χ4v) is 1.61. The van der Waals surface area contributed by atoms with E-state index in [1.165, 1.54) is 19.4 Å². The molecule has 17 heavy (non-hydrogen) atoms. The van der Waals surface area contributed by atoms with E-state index in [0.717, 1.165) is 0 Å². The lowest BCUT2D eigenvalue weighted by atomic mass is 10.0. The van der Waals surface area contributed by atoms with Gasteiger partial charge in [-0.05, 0) is 12.1 Å². The van der Waals surface area contributed by atoms with Gasteiger partial charge in [0.2, 0.25) is 5.75 Å². The van der Waals surface area contributed by atoms with Crippen molar-refractivity contribution < 1.29 is 24.2 Å². The Hall–Kier alpha value is -2.43. The molecule has 1 aromatic heterocycles. The molecule has 0 fully saturated rings. The first-order valence-corrected chi connectivity index (χ1v) is 4.76. The van der Waals surface area contributed by atoms with Gasteiger partial charge in [-0.25, -0.2) is 4.79 Å². The van der Waals surface area contributed by atoms with E-state index in [9.17, 15) is 9.90 Å². The van der Waals surface area contributed by atoms with Gasteiger partial charge >= 0.3 is 5.97 Å². The molecule has 0 radical (unpaired) electrons. The topological polar surface area (TPSA) is 79.9 Å². The molecule has 1 heterocycles. The van der Waals surface area contributed by atoms with Crippen molar-refractivity contribution >= 4 is 22.5 Å². The molecule has 5 heteroatoms. The molecule has 2 aromatic rings. The molecule has 0 spiro atoms. The molecule has 0 bridgehead atoms. The summed E-state index contributed by atoms with van der Waals surface area (Å²) in [5.74, 6) is -1.39. The van der Waals surface area contributed by atoms with Gasteiger partial charge in [0, 0.05) is 10.9 Å². The van der Waals surface area contributed by atoms with E-state index in [4.69, 9.17) is 14.3 Å². The minimum absolute atomic E-state index is 0.102. The normalized spacial score (nSPS) is 10.4. The standard InChI is InChI=1S/C12H10O5/c1-6(12(14)15)8-5-7-3-4-17-10(7)11(16-2)9(8)13/h3-5,13H,1H2,2H3,(H,14,15). The summed E-state index contributed by atoms with van der Waals surface area (Å²) in [4.78, 5) is 10.9. The Morgan fingerprint density at radius 2 is 2.24 bits per heavy atom. The van der Waals surface area contributed by atoms with Gasteiger partial charge in [0.05, 0.1) is 18.9 Å². The number of methoxy groups -OCH3 is 1. The summed E-state index contributed by atoms with van der Waals surface area (Å²) in [7, 11) is 1.37. The third-order valence-corrected chi connectivity index (χ3v) is 2.46. The number of fused-ring (bicyclic) bond motifs is 1. The highest BCUT2D eigenvalue weighted by Crippen LogP contribution is 2.40. The van der Waals surface area contributed by atoms with E-state index < -0.39 is 5.97 Å². The third-order valence-electron chi connectivity index (χ3n) is 2.46. The van der Waals surface area contributed by atoms with Crippen molar-refractivity contribution in [1.82, 2.24) is 0 Å². The van der Waals surface area contributed by atoms with Crippen molar-refractivity contribution in [3.63, 3.8) is 0 Å². The van der Waals surface area contributed by atoms with E-state index in [-0.39, 0.29) is 22.6 Å². The maximum Gasteiger partial charge on any atom is 0.335 e. The number of carboxylic acids is 1. The van der Waals surface area contributed by atoms with Gasteiger partial charge in [-0.2, -0.15) is 0 Å². The molecule has 1 aromatic carbocycles. The fourth-order valence-electron chi connectivity index (χ4n) is 1.61. The first-order valence-electron chi connectivity index (χ1n) is 4.76. The SMILES string of the molecule is C=C(C(=O)O)c1cc2ccoc2c(OC)c1O. The number of carboxylic acid groups (broad SMARTS) is 1. The molecule has 0 atom stereocenters. The summed E-state index contributed by atoms with van der Waals surface area (Å²) in [5.41, 5.74) is 0.277. The summed E-state index contributed by atoms with van der Waals surface area (Å²) in [6.07, 6.45) is 1.43. The number of hydrogen-bond acceptors (Lipinski definition) is 4. The number of rotatable bonds is 3. The van der Waals surface area contributed by atoms with E-state index >= 15 is 0 Å². The molecule has 88 valence electrons. The van der Waals surface area contributed by atoms with Crippen LogP contribution >= 0.6 is 0 Å². The Kier molecular flexibility index (Phi) is 2.51. The maximum absolute atomic E-state index is 10.9. The van der Waals surface area contributed by atoms with Crippen LogP contribution in [0.4, 0.5) is 0 Å². The third kappa shape index (κ3) is 1.61. The molecule has 0 saturated carbocycles. The van der Waals surface area contributed by atoms with Gasteiger partial charge in [0.1, 0.15) is 0 Å². The molecular formula is C12H10O5. The number of aliphatic carboxylic acids is 1. The number of phenols is 1. The van der Waals surface area contributed by atoms with Gasteiger partial charge in [-0.1, -0.05) is 6.58 Å². The van der Waals surface area contributed by atoms with Gasteiger partial charge in [-0.15, -0.1) is 0 Å². The van der Waals surface area contributed by atoms with Gasteiger partial charge in [0.25, 0.3) is 0 Å². The first kappa shape index (κ1) is 11.1. The van der Waals surface area contributed by atoms with Crippen molar-refractivity contribution in [2.75, 3.05) is 7.11 Å². The van der Waals surface area contributed by atoms with Crippen LogP contribution in [0.1, 0.15) is 5.56 Å². The zero-order valence-electron chi connectivity index (χ0n) is 9.06. The van der Waals surface area contributed by atoms with E-state index in [1.54, 1.807) is 6.07 Å². The number of phenolic OH excluding ortho intramolecular Hbond substituents is 1. The number of carbonyl (C=O) groups is 1. The van der Waals surface area contributed by atoms with E-state index in [1.807, 2.05) is 0 Å². The fraction of sp³-hybridized carbons (Fsp3) is 0.0833. The molecule has 0 aliphatic carbocycles. The highest BCUT2D eigenvalue weighted by molar-refractivity contribution is 6.16.